The summed E-state index contributed by atoms with van der Waals surface area (Å²) in [5.41, 5.74) is 6.28. The van der Waals surface area contributed by atoms with E-state index >= 15 is 0 Å². The number of carbonyl (C=O) groups is 1. The topological polar surface area (TPSA) is 62.1 Å². The summed E-state index contributed by atoms with van der Waals surface area (Å²) in [4.78, 5) is 23.8. The average Bonchev–Trinajstić information content (AvgIpc) is 3.57. The Morgan fingerprint density at radius 3 is 2.58 bits per heavy atom. The second-order valence-electron chi connectivity index (χ2n) is 10.5. The number of aromatic nitrogens is 2. The van der Waals surface area contributed by atoms with Crippen LogP contribution in [0.15, 0.2) is 72.2 Å². The molecular formula is C32H35N5O2S. The third-order valence-corrected chi connectivity index (χ3v) is 8.65. The van der Waals surface area contributed by atoms with Crippen molar-refractivity contribution in [2.75, 3.05) is 51.3 Å². The highest BCUT2D eigenvalue weighted by Crippen LogP contribution is 2.27. The number of fused-ring (bicyclic) bond motifs is 2. The van der Waals surface area contributed by atoms with Crippen molar-refractivity contribution in [1.29, 1.82) is 0 Å². The number of urea groups is 1. The lowest BCUT2D eigenvalue weighted by Crippen LogP contribution is -2.45. The second kappa shape index (κ2) is 11.8. The highest BCUT2D eigenvalue weighted by atomic mass is 32.1. The minimum atomic E-state index is -0.0559. The first kappa shape index (κ1) is 26.5. The third kappa shape index (κ3) is 5.75. The van der Waals surface area contributed by atoms with Crippen LogP contribution in [-0.4, -0.2) is 71.2 Å². The maximum Gasteiger partial charge on any atom is 0.321 e. The van der Waals surface area contributed by atoms with E-state index < -0.39 is 0 Å². The van der Waals surface area contributed by atoms with Crippen LogP contribution in [0.3, 0.4) is 0 Å². The Balaban J connectivity index is 1.20. The number of imidazole rings is 1. The molecule has 0 bridgehead atoms. The fraction of sp³-hybridized carbons (Fsp3) is 0.312. The van der Waals surface area contributed by atoms with Crippen LogP contribution in [0, 0.1) is 13.8 Å². The molecule has 1 aliphatic rings. The van der Waals surface area contributed by atoms with Crippen LogP contribution in [0.25, 0.3) is 27.0 Å². The molecule has 1 saturated heterocycles. The molecule has 0 atom stereocenters. The number of amides is 2. The van der Waals surface area contributed by atoms with Gasteiger partial charge in [-0.15, -0.1) is 11.3 Å². The number of hydrogen-bond donors (Lipinski definition) is 1. The molecule has 206 valence electrons. The number of benzene rings is 3. The molecule has 2 amide bonds. The van der Waals surface area contributed by atoms with Crippen molar-refractivity contribution in [2.24, 2.45) is 0 Å². The number of carbonyl (C=O) groups excluding carboxylic acids is 1. The van der Waals surface area contributed by atoms with Gasteiger partial charge in [-0.3, -0.25) is 9.30 Å². The number of nitrogens with one attached hydrogen (secondary N) is 1. The van der Waals surface area contributed by atoms with Gasteiger partial charge in [0.25, 0.3) is 0 Å². The molecule has 3 heterocycles. The van der Waals surface area contributed by atoms with Gasteiger partial charge < -0.3 is 15.0 Å². The van der Waals surface area contributed by atoms with Gasteiger partial charge in [0, 0.05) is 67.7 Å². The van der Waals surface area contributed by atoms with Crippen LogP contribution in [0.5, 0.6) is 0 Å². The van der Waals surface area contributed by atoms with Crippen LogP contribution in [0.4, 0.5) is 10.5 Å². The molecule has 0 radical (unpaired) electrons. The quantitative estimate of drug-likeness (QED) is 0.247. The standard InChI is InChI=1S/C32H35N5O2S/c1-23-6-5-7-24(2)30(23)34-31(38)36(15-14-35-16-18-39-19-17-35)13-12-28-22-40-32-33-29(21-37(28)32)27-11-10-25-8-3-4-9-26(25)20-27/h3-11,20-22H,12-19H2,1-2H3,(H,34,38). The van der Waals surface area contributed by atoms with Crippen molar-refractivity contribution >= 4 is 38.8 Å². The first-order chi connectivity index (χ1) is 19.5. The van der Waals surface area contributed by atoms with Gasteiger partial charge in [0.2, 0.25) is 0 Å². The van der Waals surface area contributed by atoms with Gasteiger partial charge in [-0.05, 0) is 41.8 Å². The Hall–Kier alpha value is -3.72. The summed E-state index contributed by atoms with van der Waals surface area (Å²) in [6, 6.07) is 20.9. The lowest BCUT2D eigenvalue weighted by molar-refractivity contribution is 0.0352. The first-order valence-corrected chi connectivity index (χ1v) is 14.8. The Labute approximate surface area is 239 Å². The number of para-hydroxylation sites is 1. The van der Waals surface area contributed by atoms with Gasteiger partial charge in [0.05, 0.1) is 18.9 Å². The van der Waals surface area contributed by atoms with Crippen LogP contribution in [0.1, 0.15) is 16.8 Å². The van der Waals surface area contributed by atoms with E-state index in [2.05, 4.69) is 68.7 Å². The minimum Gasteiger partial charge on any atom is -0.379 e. The van der Waals surface area contributed by atoms with E-state index in [0.29, 0.717) is 13.1 Å². The summed E-state index contributed by atoms with van der Waals surface area (Å²) in [7, 11) is 0. The van der Waals surface area contributed by atoms with Gasteiger partial charge in [0.1, 0.15) is 0 Å². The largest absolute Gasteiger partial charge is 0.379 e. The van der Waals surface area contributed by atoms with Gasteiger partial charge in [-0.25, -0.2) is 9.78 Å². The molecule has 6 rings (SSSR count). The number of aryl methyl sites for hydroxylation is 2. The van der Waals surface area contributed by atoms with Crippen molar-refractivity contribution in [1.82, 2.24) is 19.2 Å². The van der Waals surface area contributed by atoms with Crippen molar-refractivity contribution in [3.8, 4) is 11.3 Å². The summed E-state index contributed by atoms with van der Waals surface area (Å²) < 4.78 is 7.69. The van der Waals surface area contributed by atoms with Gasteiger partial charge in [0.15, 0.2) is 4.96 Å². The Morgan fingerprint density at radius 2 is 1.77 bits per heavy atom. The van der Waals surface area contributed by atoms with E-state index in [1.807, 2.05) is 36.9 Å². The van der Waals surface area contributed by atoms with Crippen molar-refractivity contribution in [3.63, 3.8) is 0 Å². The van der Waals surface area contributed by atoms with Crippen molar-refractivity contribution in [2.45, 2.75) is 20.3 Å². The van der Waals surface area contributed by atoms with Gasteiger partial charge in [-0.2, -0.15) is 0 Å². The molecule has 40 heavy (non-hydrogen) atoms. The molecule has 1 N–H and O–H groups in total. The molecule has 8 heteroatoms. The Bertz CT molecular complexity index is 1610. The Kier molecular flexibility index (Phi) is 7.82. The number of nitrogens with zero attached hydrogens (tertiary/aromatic N) is 4. The molecule has 2 aromatic heterocycles. The number of rotatable bonds is 8. The number of thiazole rings is 1. The predicted molar refractivity (Wildman–Crippen MR) is 163 cm³/mol. The Morgan fingerprint density at radius 1 is 1.00 bits per heavy atom. The number of hydrogen-bond acceptors (Lipinski definition) is 5. The monoisotopic (exact) mass is 553 g/mol. The molecule has 0 spiro atoms. The van der Waals surface area contributed by atoms with E-state index in [4.69, 9.17) is 9.72 Å². The molecule has 1 fully saturated rings. The minimum absolute atomic E-state index is 0.0559. The number of anilines is 1. The zero-order valence-corrected chi connectivity index (χ0v) is 23.9. The van der Waals surface area contributed by atoms with E-state index in [0.717, 1.165) is 78.0 Å². The fourth-order valence-corrected chi connectivity index (χ4v) is 6.25. The third-order valence-electron chi connectivity index (χ3n) is 7.76. The van der Waals surface area contributed by atoms with Gasteiger partial charge >= 0.3 is 6.03 Å². The summed E-state index contributed by atoms with van der Waals surface area (Å²) in [6.07, 6.45) is 2.87. The summed E-state index contributed by atoms with van der Waals surface area (Å²) in [5.74, 6) is 0. The number of morpholine rings is 1. The molecule has 3 aromatic carbocycles. The second-order valence-corrected chi connectivity index (χ2v) is 11.3. The maximum atomic E-state index is 13.6. The van der Waals surface area contributed by atoms with Gasteiger partial charge in [-0.1, -0.05) is 54.6 Å². The smallest absolute Gasteiger partial charge is 0.321 e. The maximum absolute atomic E-state index is 13.6. The van der Waals surface area contributed by atoms with Crippen molar-refractivity contribution in [3.05, 3.63) is 89.1 Å². The summed E-state index contributed by atoms with van der Waals surface area (Å²) in [5, 5.41) is 7.80. The summed E-state index contributed by atoms with van der Waals surface area (Å²) >= 11 is 1.65. The molecule has 5 aromatic rings. The molecular weight excluding hydrogens is 518 g/mol. The van der Waals surface area contributed by atoms with E-state index in [9.17, 15) is 4.79 Å². The highest BCUT2D eigenvalue weighted by Gasteiger charge is 2.19. The molecule has 1 aliphatic heterocycles. The van der Waals surface area contributed by atoms with E-state index in [1.165, 1.54) is 10.8 Å². The zero-order chi connectivity index (χ0) is 27.5. The SMILES string of the molecule is Cc1cccc(C)c1NC(=O)N(CCc1csc2nc(-c3ccc4ccccc4c3)cn12)CCN1CCOCC1. The van der Waals surface area contributed by atoms with E-state index in [-0.39, 0.29) is 6.03 Å². The van der Waals surface area contributed by atoms with Crippen LogP contribution >= 0.6 is 11.3 Å². The number of ether oxygens (including phenoxy) is 1. The van der Waals surface area contributed by atoms with Crippen LogP contribution < -0.4 is 5.32 Å². The van der Waals surface area contributed by atoms with Crippen molar-refractivity contribution < 1.29 is 9.53 Å². The fourth-order valence-electron chi connectivity index (χ4n) is 5.35. The van der Waals surface area contributed by atoms with Crippen LogP contribution in [0.2, 0.25) is 0 Å². The zero-order valence-electron chi connectivity index (χ0n) is 23.1. The van der Waals surface area contributed by atoms with Crippen LogP contribution in [-0.2, 0) is 11.2 Å². The average molecular weight is 554 g/mol. The molecule has 0 aliphatic carbocycles. The lowest BCUT2D eigenvalue weighted by Gasteiger charge is -2.30. The molecule has 0 unspecified atom stereocenters. The van der Waals surface area contributed by atoms with E-state index in [1.54, 1.807) is 11.3 Å². The predicted octanol–water partition coefficient (Wildman–Crippen LogP) is 6.24. The first-order valence-electron chi connectivity index (χ1n) is 13.9. The molecule has 0 saturated carbocycles. The lowest BCUT2D eigenvalue weighted by atomic mass is 10.1. The highest BCUT2D eigenvalue weighted by molar-refractivity contribution is 7.15. The molecule has 7 nitrogen and oxygen atoms in total. The summed E-state index contributed by atoms with van der Waals surface area (Å²) in [6.45, 7) is 9.51. The normalized spacial score (nSPS) is 14.2.